The van der Waals surface area contributed by atoms with Gasteiger partial charge in [-0.3, -0.25) is 4.79 Å². The van der Waals surface area contributed by atoms with E-state index in [1.807, 2.05) is 4.90 Å². The third-order valence-electron chi connectivity index (χ3n) is 2.21. The maximum absolute atomic E-state index is 11.6. The van der Waals surface area contributed by atoms with Gasteiger partial charge in [0.1, 0.15) is 6.33 Å². The normalized spacial score (nSPS) is 15.9. The Morgan fingerprint density at radius 2 is 2.36 bits per heavy atom. The fourth-order valence-electron chi connectivity index (χ4n) is 1.48. The van der Waals surface area contributed by atoms with Crippen LogP contribution in [-0.4, -0.2) is 39.8 Å². The third kappa shape index (κ3) is 2.20. The highest BCUT2D eigenvalue weighted by Gasteiger charge is 2.17. The monoisotopic (exact) mass is 212 g/mol. The van der Waals surface area contributed by atoms with Crippen molar-refractivity contribution in [1.82, 2.24) is 14.3 Å². The standard InChI is InChI=1S/C8H12N4OS/c13-7(12-3-1-2-4-12)5-9-8-10-6-11-14-8/h6H,1-5H2,(H,9,10,11). The van der Waals surface area contributed by atoms with Crippen molar-refractivity contribution in [2.45, 2.75) is 12.8 Å². The van der Waals surface area contributed by atoms with Gasteiger partial charge >= 0.3 is 0 Å². The lowest BCUT2D eigenvalue weighted by molar-refractivity contribution is -0.128. The fourth-order valence-corrected chi connectivity index (χ4v) is 1.91. The van der Waals surface area contributed by atoms with Gasteiger partial charge in [-0.2, -0.15) is 4.37 Å². The Balaban J connectivity index is 1.77. The molecule has 1 aromatic heterocycles. The van der Waals surface area contributed by atoms with Crippen LogP contribution in [0.1, 0.15) is 12.8 Å². The molecule has 5 nitrogen and oxygen atoms in total. The smallest absolute Gasteiger partial charge is 0.241 e. The van der Waals surface area contributed by atoms with Crippen molar-refractivity contribution in [2.75, 3.05) is 25.0 Å². The van der Waals surface area contributed by atoms with Gasteiger partial charge in [0.25, 0.3) is 0 Å². The second-order valence-electron chi connectivity index (χ2n) is 3.19. The molecule has 1 aliphatic rings. The highest BCUT2D eigenvalue weighted by Crippen LogP contribution is 2.09. The van der Waals surface area contributed by atoms with E-state index in [2.05, 4.69) is 14.7 Å². The van der Waals surface area contributed by atoms with Crippen LogP contribution in [0.5, 0.6) is 0 Å². The van der Waals surface area contributed by atoms with Crippen molar-refractivity contribution in [3.8, 4) is 0 Å². The number of nitrogens with one attached hydrogen (secondary N) is 1. The summed E-state index contributed by atoms with van der Waals surface area (Å²) in [6.45, 7) is 2.13. The number of anilines is 1. The van der Waals surface area contributed by atoms with Gasteiger partial charge in [-0.25, -0.2) is 4.98 Å². The van der Waals surface area contributed by atoms with Crippen molar-refractivity contribution < 1.29 is 4.79 Å². The molecule has 1 N–H and O–H groups in total. The van der Waals surface area contributed by atoms with Crippen LogP contribution in [0, 0.1) is 0 Å². The minimum atomic E-state index is 0.151. The zero-order valence-corrected chi connectivity index (χ0v) is 8.59. The molecule has 6 heteroatoms. The molecular formula is C8H12N4OS. The number of nitrogens with zero attached hydrogens (tertiary/aromatic N) is 3. The molecule has 0 atom stereocenters. The number of hydrogen-bond acceptors (Lipinski definition) is 5. The van der Waals surface area contributed by atoms with E-state index >= 15 is 0 Å². The minimum absolute atomic E-state index is 0.151. The van der Waals surface area contributed by atoms with Crippen LogP contribution >= 0.6 is 11.5 Å². The number of carbonyl (C=O) groups excluding carboxylic acids is 1. The highest BCUT2D eigenvalue weighted by atomic mass is 32.1. The van der Waals surface area contributed by atoms with Crippen LogP contribution in [0.15, 0.2) is 6.33 Å². The Morgan fingerprint density at radius 1 is 1.57 bits per heavy atom. The first-order valence-corrected chi connectivity index (χ1v) is 5.42. The topological polar surface area (TPSA) is 58.1 Å². The number of rotatable bonds is 3. The van der Waals surface area contributed by atoms with Gasteiger partial charge in [0.05, 0.1) is 6.54 Å². The van der Waals surface area contributed by atoms with E-state index < -0.39 is 0 Å². The predicted octanol–water partition coefficient (Wildman–Crippen LogP) is 0.572. The fraction of sp³-hybridized carbons (Fsp3) is 0.625. The molecule has 0 saturated carbocycles. The summed E-state index contributed by atoms with van der Waals surface area (Å²) in [5.41, 5.74) is 0. The van der Waals surface area contributed by atoms with Crippen LogP contribution in [0.25, 0.3) is 0 Å². The van der Waals surface area contributed by atoms with Gasteiger partial charge in [0.2, 0.25) is 11.0 Å². The molecule has 0 unspecified atom stereocenters. The third-order valence-corrected chi connectivity index (χ3v) is 2.83. The summed E-state index contributed by atoms with van der Waals surface area (Å²) in [5.74, 6) is 0.151. The van der Waals surface area contributed by atoms with E-state index in [4.69, 9.17) is 0 Å². The second-order valence-corrected chi connectivity index (χ2v) is 3.97. The van der Waals surface area contributed by atoms with E-state index in [9.17, 15) is 4.79 Å². The minimum Gasteiger partial charge on any atom is -0.351 e. The summed E-state index contributed by atoms with van der Waals surface area (Å²) in [6, 6.07) is 0. The zero-order valence-electron chi connectivity index (χ0n) is 7.77. The van der Waals surface area contributed by atoms with Crippen LogP contribution in [-0.2, 0) is 4.79 Å². The van der Waals surface area contributed by atoms with Crippen molar-refractivity contribution in [2.24, 2.45) is 0 Å². The first-order chi connectivity index (χ1) is 6.86. The summed E-state index contributed by atoms with van der Waals surface area (Å²) in [5, 5.41) is 3.66. The van der Waals surface area contributed by atoms with Gasteiger partial charge in [0, 0.05) is 24.6 Å². The van der Waals surface area contributed by atoms with Gasteiger partial charge in [0.15, 0.2) is 0 Å². The molecule has 1 amide bonds. The quantitative estimate of drug-likeness (QED) is 0.796. The van der Waals surface area contributed by atoms with Crippen molar-refractivity contribution in [3.63, 3.8) is 0 Å². The van der Waals surface area contributed by atoms with Crippen LogP contribution in [0.2, 0.25) is 0 Å². The first-order valence-electron chi connectivity index (χ1n) is 4.64. The molecule has 0 spiro atoms. The Morgan fingerprint density at radius 3 is 3.00 bits per heavy atom. The zero-order chi connectivity index (χ0) is 9.80. The SMILES string of the molecule is O=C(CNc1ncns1)N1CCCC1. The molecule has 1 fully saturated rings. The molecule has 0 aliphatic carbocycles. The summed E-state index contributed by atoms with van der Waals surface area (Å²) in [7, 11) is 0. The molecule has 76 valence electrons. The lowest BCUT2D eigenvalue weighted by atomic mass is 10.4. The molecule has 1 saturated heterocycles. The number of likely N-dealkylation sites (tertiary alicyclic amines) is 1. The molecule has 1 aliphatic heterocycles. The molecule has 2 rings (SSSR count). The summed E-state index contributed by atoms with van der Waals surface area (Å²) in [6.07, 6.45) is 3.74. The molecule has 1 aromatic rings. The van der Waals surface area contributed by atoms with E-state index in [1.54, 1.807) is 0 Å². The maximum atomic E-state index is 11.6. The molecule has 0 bridgehead atoms. The first kappa shape index (κ1) is 9.39. The lowest BCUT2D eigenvalue weighted by Gasteiger charge is -2.14. The van der Waals surface area contributed by atoms with Gasteiger partial charge in [-0.05, 0) is 12.8 Å². The molecule has 0 radical (unpaired) electrons. The Bertz CT molecular complexity index is 294. The Kier molecular flexibility index (Phi) is 2.93. The van der Waals surface area contributed by atoms with E-state index in [0.717, 1.165) is 25.9 Å². The summed E-state index contributed by atoms with van der Waals surface area (Å²) >= 11 is 1.26. The molecular weight excluding hydrogens is 200 g/mol. The number of aromatic nitrogens is 2. The van der Waals surface area contributed by atoms with Gasteiger partial charge in [-0.1, -0.05) is 0 Å². The largest absolute Gasteiger partial charge is 0.351 e. The van der Waals surface area contributed by atoms with Crippen LogP contribution in [0.4, 0.5) is 5.13 Å². The summed E-state index contributed by atoms with van der Waals surface area (Å²) in [4.78, 5) is 17.4. The van der Waals surface area contributed by atoms with Crippen molar-refractivity contribution in [3.05, 3.63) is 6.33 Å². The Labute approximate surface area is 86.3 Å². The number of hydrogen-bond donors (Lipinski definition) is 1. The average molecular weight is 212 g/mol. The summed E-state index contributed by atoms with van der Waals surface area (Å²) < 4.78 is 3.84. The maximum Gasteiger partial charge on any atom is 0.241 e. The van der Waals surface area contributed by atoms with Crippen LogP contribution in [0.3, 0.4) is 0 Å². The predicted molar refractivity (Wildman–Crippen MR) is 54.2 cm³/mol. The van der Waals surface area contributed by atoms with E-state index in [-0.39, 0.29) is 5.91 Å². The Hall–Kier alpha value is -1.17. The van der Waals surface area contributed by atoms with Crippen molar-refractivity contribution in [1.29, 1.82) is 0 Å². The van der Waals surface area contributed by atoms with Gasteiger partial charge < -0.3 is 10.2 Å². The highest BCUT2D eigenvalue weighted by molar-refractivity contribution is 7.09. The number of carbonyl (C=O) groups is 1. The molecule has 0 aromatic carbocycles. The van der Waals surface area contributed by atoms with Crippen LogP contribution < -0.4 is 5.32 Å². The second kappa shape index (κ2) is 4.36. The van der Waals surface area contributed by atoms with Gasteiger partial charge in [-0.15, -0.1) is 0 Å². The number of amides is 1. The molecule has 2 heterocycles. The lowest BCUT2D eigenvalue weighted by Crippen LogP contribution is -2.32. The van der Waals surface area contributed by atoms with E-state index in [0.29, 0.717) is 11.7 Å². The average Bonchev–Trinajstić information content (AvgIpc) is 2.87. The van der Waals surface area contributed by atoms with E-state index in [1.165, 1.54) is 17.9 Å². The van der Waals surface area contributed by atoms with Crippen molar-refractivity contribution >= 4 is 22.6 Å². The molecule has 14 heavy (non-hydrogen) atoms.